The van der Waals surface area contributed by atoms with Crippen molar-refractivity contribution in [2.75, 3.05) is 25.1 Å². The average Bonchev–Trinajstić information content (AvgIpc) is 3.05. The fraction of sp³-hybridized carbons (Fsp3) is 0.222. The van der Waals surface area contributed by atoms with Gasteiger partial charge in [-0.3, -0.25) is 14.9 Å². The Morgan fingerprint density at radius 3 is 1.72 bits per heavy atom. The van der Waals surface area contributed by atoms with Crippen LogP contribution in [0.25, 0.3) is 22.5 Å². The van der Waals surface area contributed by atoms with Crippen LogP contribution in [0.5, 0.6) is 5.75 Å². The van der Waals surface area contributed by atoms with E-state index in [4.69, 9.17) is 4.74 Å². The highest BCUT2D eigenvalue weighted by atomic mass is 35.5. The molecular formula is C36H37Cl3F2N4O. The Bertz CT molecular complexity index is 1650. The predicted molar refractivity (Wildman–Crippen MR) is 188 cm³/mol. The maximum absolute atomic E-state index is 13.5. The van der Waals surface area contributed by atoms with Crippen molar-refractivity contribution >= 4 is 42.9 Å². The summed E-state index contributed by atoms with van der Waals surface area (Å²) in [6, 6.07) is 29.9. The smallest absolute Gasteiger partial charge is 0.123 e. The number of rotatable bonds is 9. The van der Waals surface area contributed by atoms with Crippen molar-refractivity contribution in [3.8, 4) is 28.3 Å². The van der Waals surface area contributed by atoms with Gasteiger partial charge >= 0.3 is 0 Å². The minimum Gasteiger partial charge on any atom is -0.497 e. The molecule has 2 aromatic heterocycles. The summed E-state index contributed by atoms with van der Waals surface area (Å²) in [4.78, 5) is 14.0. The van der Waals surface area contributed by atoms with Crippen LogP contribution in [-0.2, 0) is 13.1 Å². The largest absolute Gasteiger partial charge is 0.497 e. The molecule has 5 aromatic rings. The summed E-state index contributed by atoms with van der Waals surface area (Å²) in [5.41, 5.74) is 7.00. The number of anilines is 1. The van der Waals surface area contributed by atoms with Crippen LogP contribution < -0.4 is 9.64 Å². The van der Waals surface area contributed by atoms with Gasteiger partial charge in [-0.05, 0) is 121 Å². The van der Waals surface area contributed by atoms with Crippen LogP contribution in [0.1, 0.15) is 24.0 Å². The normalized spacial score (nSPS) is 13.1. The Balaban J connectivity index is 0.00000192. The van der Waals surface area contributed by atoms with Gasteiger partial charge in [-0.1, -0.05) is 0 Å². The van der Waals surface area contributed by atoms with Gasteiger partial charge < -0.3 is 9.64 Å². The van der Waals surface area contributed by atoms with Crippen LogP contribution in [0.2, 0.25) is 0 Å². The van der Waals surface area contributed by atoms with Crippen molar-refractivity contribution in [3.63, 3.8) is 0 Å². The molecule has 5 nitrogen and oxygen atoms in total. The summed E-state index contributed by atoms with van der Waals surface area (Å²) < 4.78 is 32.3. The second kappa shape index (κ2) is 17.2. The van der Waals surface area contributed by atoms with E-state index in [1.807, 2.05) is 24.5 Å². The van der Waals surface area contributed by atoms with Gasteiger partial charge in [0.05, 0.1) is 18.5 Å². The molecule has 0 saturated carbocycles. The van der Waals surface area contributed by atoms with Crippen LogP contribution in [0.3, 0.4) is 0 Å². The van der Waals surface area contributed by atoms with E-state index in [1.54, 1.807) is 31.4 Å². The van der Waals surface area contributed by atoms with Gasteiger partial charge in [-0.2, -0.15) is 0 Å². The Morgan fingerprint density at radius 1 is 0.696 bits per heavy atom. The number of likely N-dealkylation sites (tertiary alicyclic amines) is 1. The average molecular weight is 686 g/mol. The second-order valence-electron chi connectivity index (χ2n) is 10.9. The minimum absolute atomic E-state index is 0. The van der Waals surface area contributed by atoms with Gasteiger partial charge in [-0.15, -0.1) is 37.2 Å². The summed E-state index contributed by atoms with van der Waals surface area (Å²) in [6.45, 7) is 3.53. The molecule has 3 aromatic carbocycles. The van der Waals surface area contributed by atoms with E-state index in [2.05, 4.69) is 56.2 Å². The molecule has 6 rings (SSSR count). The van der Waals surface area contributed by atoms with Crippen molar-refractivity contribution in [3.05, 3.63) is 132 Å². The van der Waals surface area contributed by atoms with Crippen molar-refractivity contribution in [2.24, 2.45) is 0 Å². The zero-order chi connectivity index (χ0) is 29.6. The number of halogens is 5. The molecule has 1 saturated heterocycles. The first-order valence-corrected chi connectivity index (χ1v) is 14.6. The lowest BCUT2D eigenvalue weighted by molar-refractivity contribution is 0.201. The van der Waals surface area contributed by atoms with E-state index in [0.29, 0.717) is 6.04 Å². The van der Waals surface area contributed by atoms with Crippen LogP contribution in [-0.4, -0.2) is 41.1 Å². The van der Waals surface area contributed by atoms with Gasteiger partial charge in [-0.25, -0.2) is 8.78 Å². The second-order valence-corrected chi connectivity index (χ2v) is 10.9. The molecule has 0 amide bonds. The van der Waals surface area contributed by atoms with Gasteiger partial charge in [0.2, 0.25) is 0 Å². The third-order valence-electron chi connectivity index (χ3n) is 8.09. The van der Waals surface area contributed by atoms with Gasteiger partial charge in [0.25, 0.3) is 0 Å². The van der Waals surface area contributed by atoms with Crippen LogP contribution in [0, 0.1) is 11.6 Å². The first-order chi connectivity index (χ1) is 21.0. The molecule has 1 aliphatic rings. The molecule has 3 heterocycles. The fourth-order valence-electron chi connectivity index (χ4n) is 5.75. The summed E-state index contributed by atoms with van der Waals surface area (Å²) >= 11 is 0. The molecule has 0 atom stereocenters. The van der Waals surface area contributed by atoms with E-state index in [9.17, 15) is 8.78 Å². The number of hydrogen-bond acceptors (Lipinski definition) is 5. The molecule has 0 N–H and O–H groups in total. The molecule has 1 fully saturated rings. The third-order valence-corrected chi connectivity index (χ3v) is 8.09. The molecule has 0 unspecified atom stereocenters. The minimum atomic E-state index is -0.255. The molecule has 0 spiro atoms. The predicted octanol–water partition coefficient (Wildman–Crippen LogP) is 9.03. The van der Waals surface area contributed by atoms with Crippen molar-refractivity contribution in [1.82, 2.24) is 14.9 Å². The monoisotopic (exact) mass is 684 g/mol. The van der Waals surface area contributed by atoms with Crippen molar-refractivity contribution in [2.45, 2.75) is 32.0 Å². The lowest BCUT2D eigenvalue weighted by Gasteiger charge is -2.40. The molecule has 242 valence electrons. The highest BCUT2D eigenvalue weighted by Gasteiger charge is 2.25. The zero-order valence-corrected chi connectivity index (χ0v) is 27.8. The van der Waals surface area contributed by atoms with E-state index in [0.717, 1.165) is 78.5 Å². The highest BCUT2D eigenvalue weighted by molar-refractivity contribution is 5.86. The van der Waals surface area contributed by atoms with E-state index < -0.39 is 0 Å². The molecule has 0 radical (unpaired) electrons. The Kier molecular flexibility index (Phi) is 13.8. The van der Waals surface area contributed by atoms with Crippen molar-refractivity contribution in [1.29, 1.82) is 0 Å². The van der Waals surface area contributed by atoms with E-state index in [1.165, 1.54) is 29.8 Å². The summed E-state index contributed by atoms with van der Waals surface area (Å²) in [5.74, 6) is 0.330. The quantitative estimate of drug-likeness (QED) is 0.155. The Hall–Kier alpha value is -3.75. The lowest BCUT2D eigenvalue weighted by Crippen LogP contribution is -2.44. The first-order valence-electron chi connectivity index (χ1n) is 14.6. The summed E-state index contributed by atoms with van der Waals surface area (Å²) in [5, 5.41) is 0. The number of piperidine rings is 1. The fourth-order valence-corrected chi connectivity index (χ4v) is 5.75. The summed E-state index contributed by atoms with van der Waals surface area (Å²) in [6.07, 6.45) is 5.72. The SMILES string of the molecule is COc1ccc(N(Cc2ccnc(-c3ccc(F)cc3)c2)C2CCN(Cc3ccnc(-c4ccc(F)cc4)c3)CC2)cc1.Cl.Cl.Cl. The standard InChI is InChI=1S/C36H34F2N4O.3ClH/c1-43-34-12-10-32(11-13-34)42(25-27-15-19-40-36(23-27)29-4-8-31(38)9-5-29)33-16-20-41(21-17-33)24-26-14-18-39-35(22-26)28-2-6-30(37)7-3-28;;;/h2-15,18-19,22-23,33H,16-17,20-21,24-25H2,1H3;3*1H. The Morgan fingerprint density at radius 2 is 1.20 bits per heavy atom. The maximum Gasteiger partial charge on any atom is 0.123 e. The number of ether oxygens (including phenoxy) is 1. The zero-order valence-electron chi connectivity index (χ0n) is 25.4. The number of aromatic nitrogens is 2. The van der Waals surface area contributed by atoms with Crippen LogP contribution in [0.4, 0.5) is 14.5 Å². The number of benzene rings is 3. The Labute approximate surface area is 287 Å². The van der Waals surface area contributed by atoms with E-state index >= 15 is 0 Å². The van der Waals surface area contributed by atoms with Gasteiger partial charge in [0, 0.05) is 61.4 Å². The molecule has 0 bridgehead atoms. The van der Waals surface area contributed by atoms with Gasteiger partial charge in [0.15, 0.2) is 0 Å². The highest BCUT2D eigenvalue weighted by Crippen LogP contribution is 2.29. The first kappa shape index (κ1) is 36.7. The van der Waals surface area contributed by atoms with Crippen molar-refractivity contribution < 1.29 is 13.5 Å². The number of pyridine rings is 2. The molecule has 0 aliphatic carbocycles. The topological polar surface area (TPSA) is 41.5 Å². The number of methoxy groups -OCH3 is 1. The molecule has 1 aliphatic heterocycles. The molecular weight excluding hydrogens is 649 g/mol. The number of hydrogen-bond donors (Lipinski definition) is 0. The van der Waals surface area contributed by atoms with Gasteiger partial charge in [0.1, 0.15) is 17.4 Å². The molecule has 46 heavy (non-hydrogen) atoms. The van der Waals surface area contributed by atoms with Crippen LogP contribution >= 0.6 is 37.2 Å². The van der Waals surface area contributed by atoms with Crippen LogP contribution in [0.15, 0.2) is 109 Å². The molecule has 10 heteroatoms. The lowest BCUT2D eigenvalue weighted by atomic mass is 10.00. The third kappa shape index (κ3) is 9.17. The van der Waals surface area contributed by atoms with E-state index in [-0.39, 0.29) is 48.9 Å². The number of nitrogens with zero attached hydrogens (tertiary/aromatic N) is 4. The maximum atomic E-state index is 13.5. The summed E-state index contributed by atoms with van der Waals surface area (Å²) in [7, 11) is 1.68.